The first-order valence-corrected chi connectivity index (χ1v) is 7.06. The number of rotatable bonds is 7. The Morgan fingerprint density at radius 1 is 1.21 bits per heavy atom. The van der Waals surface area contributed by atoms with Crippen molar-refractivity contribution < 1.29 is 4.79 Å². The zero-order valence-corrected chi connectivity index (χ0v) is 11.9. The van der Waals surface area contributed by atoms with E-state index in [9.17, 15) is 4.79 Å². The highest BCUT2D eigenvalue weighted by molar-refractivity contribution is 5.90. The number of carbonyl (C=O) groups excluding carboxylic acids is 1. The molecule has 0 spiro atoms. The maximum absolute atomic E-state index is 12.0. The van der Waals surface area contributed by atoms with Gasteiger partial charge < -0.3 is 5.32 Å². The van der Waals surface area contributed by atoms with Crippen LogP contribution in [0.15, 0.2) is 24.3 Å². The molecule has 0 unspecified atom stereocenters. The van der Waals surface area contributed by atoms with Crippen molar-refractivity contribution in [3.05, 3.63) is 29.8 Å². The molecule has 0 aromatic heterocycles. The van der Waals surface area contributed by atoms with E-state index in [0.717, 1.165) is 36.9 Å². The van der Waals surface area contributed by atoms with E-state index in [4.69, 9.17) is 6.42 Å². The van der Waals surface area contributed by atoms with Gasteiger partial charge in [0.25, 0.3) is 0 Å². The summed E-state index contributed by atoms with van der Waals surface area (Å²) < 4.78 is 0. The summed E-state index contributed by atoms with van der Waals surface area (Å²) in [6.45, 7) is 4.33. The lowest BCUT2D eigenvalue weighted by Crippen LogP contribution is -2.16. The minimum absolute atomic E-state index is 0.0976. The van der Waals surface area contributed by atoms with Crippen LogP contribution in [-0.2, 0) is 4.79 Å². The molecule has 0 aliphatic rings. The first kappa shape index (κ1) is 15.3. The zero-order chi connectivity index (χ0) is 14.1. The molecule has 0 saturated heterocycles. The van der Waals surface area contributed by atoms with E-state index in [1.165, 1.54) is 0 Å². The van der Waals surface area contributed by atoms with Gasteiger partial charge in [-0.05, 0) is 30.2 Å². The van der Waals surface area contributed by atoms with Crippen LogP contribution in [0.3, 0.4) is 0 Å². The predicted molar refractivity (Wildman–Crippen MR) is 80.9 cm³/mol. The van der Waals surface area contributed by atoms with Gasteiger partial charge in [0, 0.05) is 17.7 Å². The van der Waals surface area contributed by atoms with Crippen molar-refractivity contribution in [3.8, 4) is 12.3 Å². The zero-order valence-electron chi connectivity index (χ0n) is 11.9. The van der Waals surface area contributed by atoms with E-state index in [-0.39, 0.29) is 5.91 Å². The van der Waals surface area contributed by atoms with Crippen LogP contribution in [0, 0.1) is 18.3 Å². The van der Waals surface area contributed by atoms with Gasteiger partial charge in [-0.25, -0.2) is 0 Å². The summed E-state index contributed by atoms with van der Waals surface area (Å²) in [4.78, 5) is 12.0. The number of hydrogen-bond donors (Lipinski definition) is 1. The number of nitrogens with one attached hydrogen (secondary N) is 1. The fraction of sp³-hybridized carbons (Fsp3) is 0.471. The molecular weight excluding hydrogens is 234 g/mol. The third-order valence-electron chi connectivity index (χ3n) is 3.20. The molecule has 19 heavy (non-hydrogen) atoms. The molecule has 1 N–H and O–H groups in total. The molecule has 2 heteroatoms. The van der Waals surface area contributed by atoms with E-state index in [0.29, 0.717) is 12.3 Å². The molecule has 0 aliphatic carbocycles. The Balaban J connectivity index is 2.51. The lowest BCUT2D eigenvalue weighted by molar-refractivity contribution is -0.117. The Labute approximate surface area is 116 Å². The number of carbonyl (C=O) groups is 1. The SMILES string of the molecule is C#Cc1ccc(NC(=O)CC(CCC)CCC)cc1. The van der Waals surface area contributed by atoms with Gasteiger partial charge >= 0.3 is 0 Å². The van der Waals surface area contributed by atoms with Crippen molar-refractivity contribution in [2.24, 2.45) is 5.92 Å². The van der Waals surface area contributed by atoms with Crippen LogP contribution in [0.1, 0.15) is 51.5 Å². The van der Waals surface area contributed by atoms with E-state index < -0.39 is 0 Å². The largest absolute Gasteiger partial charge is 0.326 e. The van der Waals surface area contributed by atoms with Crippen molar-refractivity contribution in [2.45, 2.75) is 46.0 Å². The van der Waals surface area contributed by atoms with Crippen LogP contribution in [-0.4, -0.2) is 5.91 Å². The molecule has 0 bridgehead atoms. The van der Waals surface area contributed by atoms with Crippen molar-refractivity contribution in [3.63, 3.8) is 0 Å². The first-order chi connectivity index (χ1) is 9.19. The van der Waals surface area contributed by atoms with Crippen molar-refractivity contribution in [1.29, 1.82) is 0 Å². The molecule has 0 aliphatic heterocycles. The normalized spacial score (nSPS) is 10.2. The van der Waals surface area contributed by atoms with E-state index in [2.05, 4.69) is 25.1 Å². The van der Waals surface area contributed by atoms with Gasteiger partial charge in [-0.2, -0.15) is 0 Å². The monoisotopic (exact) mass is 257 g/mol. The Morgan fingerprint density at radius 3 is 2.26 bits per heavy atom. The Hall–Kier alpha value is -1.75. The molecule has 0 fully saturated rings. The quantitative estimate of drug-likeness (QED) is 0.728. The number of anilines is 1. The fourth-order valence-electron chi connectivity index (χ4n) is 2.29. The molecule has 1 amide bonds. The lowest BCUT2D eigenvalue weighted by Gasteiger charge is -2.14. The van der Waals surface area contributed by atoms with E-state index in [1.807, 2.05) is 24.3 Å². The smallest absolute Gasteiger partial charge is 0.224 e. The minimum Gasteiger partial charge on any atom is -0.326 e. The number of amides is 1. The van der Waals surface area contributed by atoms with Gasteiger partial charge in [-0.15, -0.1) is 6.42 Å². The third-order valence-corrected chi connectivity index (χ3v) is 3.20. The second-order valence-corrected chi connectivity index (χ2v) is 4.92. The first-order valence-electron chi connectivity index (χ1n) is 7.06. The maximum Gasteiger partial charge on any atom is 0.224 e. The lowest BCUT2D eigenvalue weighted by atomic mass is 9.94. The van der Waals surface area contributed by atoms with E-state index >= 15 is 0 Å². The van der Waals surface area contributed by atoms with Crippen molar-refractivity contribution in [2.75, 3.05) is 5.32 Å². The van der Waals surface area contributed by atoms with Crippen LogP contribution in [0.5, 0.6) is 0 Å². The van der Waals surface area contributed by atoms with Gasteiger partial charge in [0.05, 0.1) is 0 Å². The summed E-state index contributed by atoms with van der Waals surface area (Å²) in [5, 5.41) is 2.93. The van der Waals surface area contributed by atoms with Crippen LogP contribution < -0.4 is 5.32 Å². The highest BCUT2D eigenvalue weighted by atomic mass is 16.1. The van der Waals surface area contributed by atoms with Crippen LogP contribution in [0.2, 0.25) is 0 Å². The van der Waals surface area contributed by atoms with Gasteiger partial charge in [-0.1, -0.05) is 45.5 Å². The minimum atomic E-state index is 0.0976. The fourth-order valence-corrected chi connectivity index (χ4v) is 2.29. The van der Waals surface area contributed by atoms with Crippen LogP contribution in [0.25, 0.3) is 0 Å². The molecule has 0 radical (unpaired) electrons. The average Bonchev–Trinajstić information content (AvgIpc) is 2.40. The summed E-state index contributed by atoms with van der Waals surface area (Å²) in [7, 11) is 0. The molecule has 0 atom stereocenters. The molecule has 2 nitrogen and oxygen atoms in total. The number of terminal acetylenes is 1. The van der Waals surface area contributed by atoms with Crippen molar-refractivity contribution in [1.82, 2.24) is 0 Å². The molecule has 1 rings (SSSR count). The van der Waals surface area contributed by atoms with Gasteiger partial charge in [0.1, 0.15) is 0 Å². The highest BCUT2D eigenvalue weighted by Gasteiger charge is 2.12. The molecule has 1 aromatic carbocycles. The summed E-state index contributed by atoms with van der Waals surface area (Å²) >= 11 is 0. The summed E-state index contributed by atoms with van der Waals surface area (Å²) in [5.74, 6) is 3.16. The molecule has 102 valence electrons. The highest BCUT2D eigenvalue weighted by Crippen LogP contribution is 2.18. The second kappa shape index (κ2) is 8.37. The standard InChI is InChI=1S/C17H23NO/c1-4-7-15(8-5-2)13-17(19)18-16-11-9-14(6-3)10-12-16/h3,9-12,15H,4-5,7-8,13H2,1-2H3,(H,18,19). The second-order valence-electron chi connectivity index (χ2n) is 4.92. The number of hydrogen-bond acceptors (Lipinski definition) is 1. The molecular formula is C17H23NO. The van der Waals surface area contributed by atoms with Gasteiger partial charge in [-0.3, -0.25) is 4.79 Å². The summed E-state index contributed by atoms with van der Waals surface area (Å²) in [6, 6.07) is 7.37. The van der Waals surface area contributed by atoms with E-state index in [1.54, 1.807) is 0 Å². The molecule has 0 heterocycles. The molecule has 1 aromatic rings. The topological polar surface area (TPSA) is 29.1 Å². The average molecular weight is 257 g/mol. The Bertz CT molecular complexity index is 422. The summed E-state index contributed by atoms with van der Waals surface area (Å²) in [5.41, 5.74) is 1.64. The number of benzene rings is 1. The van der Waals surface area contributed by atoms with Crippen molar-refractivity contribution >= 4 is 11.6 Å². The maximum atomic E-state index is 12.0. The van der Waals surface area contributed by atoms with Gasteiger partial charge in [0.2, 0.25) is 5.91 Å². The van der Waals surface area contributed by atoms with Crippen LogP contribution in [0.4, 0.5) is 5.69 Å². The Kier molecular flexibility index (Phi) is 6.74. The third kappa shape index (κ3) is 5.61. The summed E-state index contributed by atoms with van der Waals surface area (Å²) in [6.07, 6.45) is 10.4. The predicted octanol–water partition coefficient (Wildman–Crippen LogP) is 4.21. The molecule has 0 saturated carbocycles. The Morgan fingerprint density at radius 2 is 1.79 bits per heavy atom. The van der Waals surface area contributed by atoms with Gasteiger partial charge in [0.15, 0.2) is 0 Å². The van der Waals surface area contributed by atoms with Crippen LogP contribution >= 0.6 is 0 Å².